The zero-order valence-corrected chi connectivity index (χ0v) is 19.3. The Hall–Kier alpha value is -2.54. The summed E-state index contributed by atoms with van der Waals surface area (Å²) in [5.41, 5.74) is 2.33. The van der Waals surface area contributed by atoms with Gasteiger partial charge in [0.1, 0.15) is 5.76 Å². The molecular formula is C24H30N4O2S. The maximum Gasteiger partial charge on any atom is 0.235 e. The highest BCUT2D eigenvalue weighted by molar-refractivity contribution is 8.00. The lowest BCUT2D eigenvalue weighted by atomic mass is 9.90. The molecule has 0 spiro atoms. The predicted octanol–water partition coefficient (Wildman–Crippen LogP) is 4.83. The molecule has 6 nitrogen and oxygen atoms in total. The molecule has 0 aliphatic carbocycles. The highest BCUT2D eigenvalue weighted by Gasteiger charge is 2.28. The van der Waals surface area contributed by atoms with Crippen molar-refractivity contribution >= 4 is 17.7 Å². The number of piperidine rings is 1. The summed E-state index contributed by atoms with van der Waals surface area (Å²) in [5, 5.41) is 9.33. The highest BCUT2D eigenvalue weighted by atomic mass is 32.2. The third-order valence-corrected chi connectivity index (χ3v) is 7.12. The number of likely N-dealkylation sites (tertiary alicyclic amines) is 1. The van der Waals surface area contributed by atoms with Crippen molar-refractivity contribution < 1.29 is 9.21 Å². The van der Waals surface area contributed by atoms with Crippen molar-refractivity contribution in [3.63, 3.8) is 0 Å². The van der Waals surface area contributed by atoms with E-state index in [1.54, 1.807) is 6.26 Å². The van der Waals surface area contributed by atoms with Crippen molar-refractivity contribution in [1.82, 2.24) is 19.7 Å². The number of benzene rings is 1. The molecule has 0 bridgehead atoms. The third kappa shape index (κ3) is 4.87. The van der Waals surface area contributed by atoms with Crippen LogP contribution in [0.4, 0.5) is 0 Å². The van der Waals surface area contributed by atoms with Gasteiger partial charge in [0, 0.05) is 19.6 Å². The zero-order chi connectivity index (χ0) is 21.8. The Labute approximate surface area is 188 Å². The molecule has 7 heteroatoms. The van der Waals surface area contributed by atoms with Gasteiger partial charge in [-0.2, -0.15) is 0 Å². The van der Waals surface area contributed by atoms with Crippen LogP contribution in [0.2, 0.25) is 0 Å². The number of nitrogens with zero attached hydrogens (tertiary/aromatic N) is 4. The number of furan rings is 1. The van der Waals surface area contributed by atoms with Gasteiger partial charge in [0.15, 0.2) is 11.0 Å². The largest absolute Gasteiger partial charge is 0.469 e. The standard InChI is InChI=1S/C24H30N4O2S/c1-4-28-22(21-12-15-30-17(21)2)25-26-24(28)31-18(3)23(29)27-13-10-20(11-14-27)16-19-8-6-5-7-9-19/h5-9,12,15,18,20H,4,10-11,13-14,16H2,1-3H3. The van der Waals surface area contributed by atoms with Crippen LogP contribution in [0.15, 0.2) is 52.2 Å². The first-order chi connectivity index (χ1) is 15.1. The van der Waals surface area contributed by atoms with Crippen molar-refractivity contribution in [2.75, 3.05) is 13.1 Å². The first-order valence-corrected chi connectivity index (χ1v) is 11.9. The fourth-order valence-corrected chi connectivity index (χ4v) is 5.24. The lowest BCUT2D eigenvalue weighted by molar-refractivity contribution is -0.131. The average molecular weight is 439 g/mol. The van der Waals surface area contributed by atoms with Gasteiger partial charge >= 0.3 is 0 Å². The van der Waals surface area contributed by atoms with E-state index in [1.807, 2.05) is 24.8 Å². The summed E-state index contributed by atoms with van der Waals surface area (Å²) < 4.78 is 7.48. The van der Waals surface area contributed by atoms with Crippen LogP contribution in [0, 0.1) is 12.8 Å². The summed E-state index contributed by atoms with van der Waals surface area (Å²) >= 11 is 1.49. The van der Waals surface area contributed by atoms with E-state index in [-0.39, 0.29) is 11.2 Å². The summed E-state index contributed by atoms with van der Waals surface area (Å²) in [6.45, 7) is 8.37. The normalized spacial score (nSPS) is 15.9. The Morgan fingerprint density at radius 3 is 2.58 bits per heavy atom. The van der Waals surface area contributed by atoms with Gasteiger partial charge in [-0.25, -0.2) is 0 Å². The smallest absolute Gasteiger partial charge is 0.235 e. The van der Waals surface area contributed by atoms with Crippen LogP contribution in [-0.2, 0) is 17.8 Å². The molecule has 2 aromatic heterocycles. The highest BCUT2D eigenvalue weighted by Crippen LogP contribution is 2.30. The molecule has 1 saturated heterocycles. The zero-order valence-electron chi connectivity index (χ0n) is 18.5. The number of amides is 1. The van der Waals surface area contributed by atoms with E-state index in [4.69, 9.17) is 4.42 Å². The molecule has 0 N–H and O–H groups in total. The Morgan fingerprint density at radius 2 is 1.94 bits per heavy atom. The number of carbonyl (C=O) groups excluding carboxylic acids is 1. The molecule has 1 fully saturated rings. The third-order valence-electron chi connectivity index (χ3n) is 6.06. The number of thioether (sulfide) groups is 1. The molecule has 1 unspecified atom stereocenters. The monoisotopic (exact) mass is 438 g/mol. The topological polar surface area (TPSA) is 64.2 Å². The molecule has 1 atom stereocenters. The maximum atomic E-state index is 13.1. The number of aryl methyl sites for hydroxylation is 1. The van der Waals surface area contributed by atoms with Crippen LogP contribution in [0.1, 0.15) is 38.0 Å². The van der Waals surface area contributed by atoms with Gasteiger partial charge in [0.25, 0.3) is 0 Å². The maximum absolute atomic E-state index is 13.1. The molecule has 4 rings (SSSR count). The van der Waals surface area contributed by atoms with E-state index in [2.05, 4.69) is 52.0 Å². The van der Waals surface area contributed by atoms with Gasteiger partial charge in [-0.1, -0.05) is 42.1 Å². The quantitative estimate of drug-likeness (QED) is 0.495. The second-order valence-corrected chi connectivity index (χ2v) is 9.47. The van der Waals surface area contributed by atoms with Crippen LogP contribution < -0.4 is 0 Å². The van der Waals surface area contributed by atoms with Crippen molar-refractivity contribution in [3.05, 3.63) is 54.0 Å². The second-order valence-electron chi connectivity index (χ2n) is 8.16. The molecule has 3 aromatic rings. The number of hydrogen-bond acceptors (Lipinski definition) is 5. The van der Waals surface area contributed by atoms with Crippen LogP contribution in [0.3, 0.4) is 0 Å². The SMILES string of the molecule is CCn1c(SC(C)C(=O)N2CCC(Cc3ccccc3)CC2)nnc1-c1ccoc1C. The fourth-order valence-electron chi connectivity index (χ4n) is 4.25. The minimum absolute atomic E-state index is 0.190. The van der Waals surface area contributed by atoms with Crippen molar-refractivity contribution in [2.45, 2.75) is 57.0 Å². The molecule has 1 aliphatic rings. The van der Waals surface area contributed by atoms with Gasteiger partial charge in [0.2, 0.25) is 5.91 Å². The summed E-state index contributed by atoms with van der Waals surface area (Å²) in [4.78, 5) is 15.1. The molecule has 0 saturated carbocycles. The summed E-state index contributed by atoms with van der Waals surface area (Å²) in [7, 11) is 0. The molecule has 1 aliphatic heterocycles. The molecule has 31 heavy (non-hydrogen) atoms. The first kappa shape index (κ1) is 21.7. The molecule has 3 heterocycles. The van der Waals surface area contributed by atoms with Gasteiger partial charge in [-0.3, -0.25) is 4.79 Å². The lowest BCUT2D eigenvalue weighted by Crippen LogP contribution is -2.42. The molecule has 1 aromatic carbocycles. The average Bonchev–Trinajstić information content (AvgIpc) is 3.39. The minimum atomic E-state index is -0.196. The summed E-state index contributed by atoms with van der Waals surface area (Å²) in [5.74, 6) is 2.45. The van der Waals surface area contributed by atoms with E-state index >= 15 is 0 Å². The summed E-state index contributed by atoms with van der Waals surface area (Å²) in [6.07, 6.45) is 4.89. The van der Waals surface area contributed by atoms with Crippen molar-refractivity contribution in [2.24, 2.45) is 5.92 Å². The fraction of sp³-hybridized carbons (Fsp3) is 0.458. The number of hydrogen-bond donors (Lipinski definition) is 0. The Kier molecular flexibility index (Phi) is 6.80. The molecule has 0 radical (unpaired) electrons. The van der Waals surface area contributed by atoms with Gasteiger partial charge in [-0.15, -0.1) is 10.2 Å². The lowest BCUT2D eigenvalue weighted by Gasteiger charge is -2.33. The van der Waals surface area contributed by atoms with Crippen LogP contribution in [0.5, 0.6) is 0 Å². The molecule has 164 valence electrons. The van der Waals surface area contributed by atoms with E-state index < -0.39 is 0 Å². The second kappa shape index (κ2) is 9.73. The van der Waals surface area contributed by atoms with E-state index in [9.17, 15) is 4.79 Å². The summed E-state index contributed by atoms with van der Waals surface area (Å²) in [6, 6.07) is 12.6. The van der Waals surface area contributed by atoms with E-state index in [0.717, 1.165) is 61.2 Å². The van der Waals surface area contributed by atoms with Crippen molar-refractivity contribution in [1.29, 1.82) is 0 Å². The van der Waals surface area contributed by atoms with Crippen LogP contribution in [-0.4, -0.2) is 43.9 Å². The predicted molar refractivity (Wildman–Crippen MR) is 123 cm³/mol. The number of aromatic nitrogens is 3. The first-order valence-electron chi connectivity index (χ1n) is 11.0. The number of carbonyl (C=O) groups is 1. The van der Waals surface area contributed by atoms with Crippen LogP contribution >= 0.6 is 11.8 Å². The van der Waals surface area contributed by atoms with Gasteiger partial charge < -0.3 is 13.9 Å². The Balaban J connectivity index is 1.35. The Morgan fingerprint density at radius 1 is 1.19 bits per heavy atom. The number of rotatable bonds is 7. The van der Waals surface area contributed by atoms with E-state index in [0.29, 0.717) is 5.92 Å². The molecular weight excluding hydrogens is 408 g/mol. The van der Waals surface area contributed by atoms with Gasteiger partial charge in [0.05, 0.1) is 17.1 Å². The Bertz CT molecular complexity index is 1010. The van der Waals surface area contributed by atoms with Gasteiger partial charge in [-0.05, 0) is 57.6 Å². The minimum Gasteiger partial charge on any atom is -0.469 e. The van der Waals surface area contributed by atoms with Crippen LogP contribution in [0.25, 0.3) is 11.4 Å². The molecule has 1 amide bonds. The van der Waals surface area contributed by atoms with E-state index in [1.165, 1.54) is 17.3 Å². The van der Waals surface area contributed by atoms with Crippen molar-refractivity contribution in [3.8, 4) is 11.4 Å².